The van der Waals surface area contributed by atoms with Crippen LogP contribution in [0.25, 0.3) is 0 Å². The third-order valence-corrected chi connectivity index (χ3v) is 6.71. The van der Waals surface area contributed by atoms with Crippen molar-refractivity contribution in [3.05, 3.63) is 47.5 Å². The predicted molar refractivity (Wildman–Crippen MR) is 113 cm³/mol. The van der Waals surface area contributed by atoms with E-state index in [1.807, 2.05) is 0 Å². The Bertz CT molecular complexity index is 760. The van der Waals surface area contributed by atoms with Gasteiger partial charge in [0.25, 0.3) is 0 Å². The Kier molecular flexibility index (Phi) is 5.88. The van der Waals surface area contributed by atoms with Gasteiger partial charge in [-0.25, -0.2) is 0 Å². The summed E-state index contributed by atoms with van der Waals surface area (Å²) in [7, 11) is 5.87. The fourth-order valence-electron chi connectivity index (χ4n) is 5.36. The minimum atomic E-state index is 0.214. The second kappa shape index (κ2) is 8.38. The summed E-state index contributed by atoms with van der Waals surface area (Å²) in [6.45, 7) is 7.63. The molecular formula is C22H32BN5. The summed E-state index contributed by atoms with van der Waals surface area (Å²) in [5.41, 5.74) is 1.27. The Morgan fingerprint density at radius 2 is 1.75 bits per heavy atom. The van der Waals surface area contributed by atoms with Crippen LogP contribution in [-0.2, 0) is 0 Å². The second-order valence-electron chi connectivity index (χ2n) is 8.80. The quantitative estimate of drug-likeness (QED) is 0.748. The molecule has 0 aliphatic carbocycles. The van der Waals surface area contributed by atoms with E-state index in [9.17, 15) is 0 Å². The van der Waals surface area contributed by atoms with Gasteiger partial charge in [-0.1, -0.05) is 44.2 Å². The molecule has 2 bridgehead atoms. The number of hydrogen-bond donors (Lipinski definition) is 1. The molecule has 2 fully saturated rings. The summed E-state index contributed by atoms with van der Waals surface area (Å²) in [5.74, 6) is 2.63. The maximum Gasteiger partial charge on any atom is 0.178 e. The molecule has 2 saturated heterocycles. The standard InChI is InChI=1S/C22H32BN5/c1-15(2)22-26-25-16(3)28(22)20-13-18-9-10-19(14-20)27(18)12-11-21(24-23)17-7-5-4-6-8-17/h4-8,15,18-21,24H,9-14H2,1-3H3. The summed E-state index contributed by atoms with van der Waals surface area (Å²) >= 11 is 0. The number of hydrogen-bond acceptors (Lipinski definition) is 4. The number of nitrogens with zero attached hydrogens (tertiary/aromatic N) is 4. The normalized spacial score (nSPS) is 26.1. The van der Waals surface area contributed by atoms with Crippen molar-refractivity contribution in [1.82, 2.24) is 24.9 Å². The van der Waals surface area contributed by atoms with Crippen LogP contribution in [0.3, 0.4) is 0 Å². The highest BCUT2D eigenvalue weighted by Gasteiger charge is 2.42. The number of nitrogens with one attached hydrogen (secondary N) is 1. The molecule has 3 atom stereocenters. The zero-order chi connectivity index (χ0) is 19.7. The van der Waals surface area contributed by atoms with Crippen LogP contribution in [0.15, 0.2) is 30.3 Å². The van der Waals surface area contributed by atoms with Crippen molar-refractivity contribution in [3.8, 4) is 0 Å². The Morgan fingerprint density at radius 1 is 1.07 bits per heavy atom. The first-order valence-corrected chi connectivity index (χ1v) is 10.8. The van der Waals surface area contributed by atoms with Crippen LogP contribution >= 0.6 is 0 Å². The van der Waals surface area contributed by atoms with Gasteiger partial charge in [-0.3, -0.25) is 4.90 Å². The van der Waals surface area contributed by atoms with Gasteiger partial charge in [-0.15, -0.1) is 10.2 Å². The first kappa shape index (κ1) is 19.7. The first-order chi connectivity index (χ1) is 13.6. The molecule has 4 rings (SSSR count). The fraction of sp³-hybridized carbons (Fsp3) is 0.636. The van der Waals surface area contributed by atoms with Crippen molar-refractivity contribution < 1.29 is 0 Å². The van der Waals surface area contributed by atoms with Gasteiger partial charge < -0.3 is 9.79 Å². The number of benzene rings is 1. The van der Waals surface area contributed by atoms with E-state index >= 15 is 0 Å². The molecule has 2 aliphatic rings. The summed E-state index contributed by atoms with van der Waals surface area (Å²) in [4.78, 5) is 2.75. The number of piperidine rings is 1. The topological polar surface area (TPSA) is 46.0 Å². The smallest absolute Gasteiger partial charge is 0.178 e. The number of aromatic nitrogens is 3. The molecule has 1 N–H and O–H groups in total. The molecular weight excluding hydrogens is 345 g/mol. The van der Waals surface area contributed by atoms with Crippen molar-refractivity contribution in [3.63, 3.8) is 0 Å². The van der Waals surface area contributed by atoms with Gasteiger partial charge >= 0.3 is 0 Å². The summed E-state index contributed by atoms with van der Waals surface area (Å²) in [5, 5.41) is 11.9. The van der Waals surface area contributed by atoms with Crippen molar-refractivity contribution in [1.29, 1.82) is 0 Å². The molecule has 1 aromatic heterocycles. The zero-order valence-electron chi connectivity index (χ0n) is 17.4. The molecule has 0 amide bonds. The molecule has 2 aliphatic heterocycles. The van der Waals surface area contributed by atoms with E-state index in [4.69, 9.17) is 7.98 Å². The van der Waals surface area contributed by atoms with E-state index in [0.717, 1.165) is 24.6 Å². The number of rotatable bonds is 7. The minimum Gasteiger partial charge on any atom is -0.360 e. The van der Waals surface area contributed by atoms with E-state index in [0.29, 0.717) is 24.0 Å². The van der Waals surface area contributed by atoms with E-state index in [-0.39, 0.29) is 6.04 Å². The van der Waals surface area contributed by atoms with Gasteiger partial charge in [0.05, 0.1) is 0 Å². The van der Waals surface area contributed by atoms with Crippen LogP contribution in [0.1, 0.15) is 81.2 Å². The van der Waals surface area contributed by atoms with Crippen LogP contribution in [0.2, 0.25) is 0 Å². The Balaban J connectivity index is 1.43. The largest absolute Gasteiger partial charge is 0.360 e. The molecule has 6 heteroatoms. The van der Waals surface area contributed by atoms with Gasteiger partial charge in [0.2, 0.25) is 0 Å². The summed E-state index contributed by atoms with van der Waals surface area (Å²) in [6, 6.07) is 12.6. The molecule has 3 unspecified atom stereocenters. The molecule has 28 heavy (non-hydrogen) atoms. The Labute approximate surface area is 170 Å². The van der Waals surface area contributed by atoms with Crippen LogP contribution in [-0.4, -0.2) is 46.3 Å². The van der Waals surface area contributed by atoms with Crippen LogP contribution in [0, 0.1) is 6.92 Å². The average molecular weight is 377 g/mol. The Hall–Kier alpha value is -1.66. The third-order valence-electron chi connectivity index (χ3n) is 6.71. The van der Waals surface area contributed by atoms with Gasteiger partial charge in [0, 0.05) is 36.6 Å². The SMILES string of the molecule is [B]NC(CCN1C2CCC1CC(n1c(C)nnc1C(C)C)C2)c1ccccc1. The Morgan fingerprint density at radius 3 is 2.36 bits per heavy atom. The lowest BCUT2D eigenvalue weighted by atomic mass is 9.94. The average Bonchev–Trinajstić information content (AvgIpc) is 3.19. The van der Waals surface area contributed by atoms with Crippen LogP contribution in [0.5, 0.6) is 0 Å². The summed E-state index contributed by atoms with van der Waals surface area (Å²) in [6.07, 6.45) is 6.08. The van der Waals surface area contributed by atoms with Crippen molar-refractivity contribution in [2.75, 3.05) is 6.54 Å². The number of fused-ring (bicyclic) bond motifs is 2. The second-order valence-corrected chi connectivity index (χ2v) is 8.80. The third kappa shape index (κ3) is 3.77. The molecule has 1 aromatic carbocycles. The van der Waals surface area contributed by atoms with Crippen LogP contribution < -0.4 is 5.23 Å². The van der Waals surface area contributed by atoms with Gasteiger partial charge in [0.1, 0.15) is 11.6 Å². The van der Waals surface area contributed by atoms with E-state index in [2.05, 4.69) is 76.0 Å². The van der Waals surface area contributed by atoms with Crippen molar-refractivity contribution in [2.24, 2.45) is 0 Å². The zero-order valence-corrected chi connectivity index (χ0v) is 17.4. The fourth-order valence-corrected chi connectivity index (χ4v) is 5.36. The molecule has 2 aromatic rings. The predicted octanol–water partition coefficient (Wildman–Crippen LogP) is 3.68. The molecule has 2 radical (unpaired) electrons. The lowest BCUT2D eigenvalue weighted by molar-refractivity contribution is 0.101. The van der Waals surface area contributed by atoms with Gasteiger partial charge in [0.15, 0.2) is 7.98 Å². The first-order valence-electron chi connectivity index (χ1n) is 10.8. The lowest BCUT2D eigenvalue weighted by Crippen LogP contribution is -2.45. The van der Waals surface area contributed by atoms with Crippen LogP contribution in [0.4, 0.5) is 0 Å². The number of aryl methyl sites for hydroxylation is 1. The monoisotopic (exact) mass is 377 g/mol. The maximum atomic E-state index is 5.87. The van der Waals surface area contributed by atoms with Gasteiger partial charge in [-0.2, -0.15) is 0 Å². The summed E-state index contributed by atoms with van der Waals surface area (Å²) < 4.78 is 2.43. The van der Waals surface area contributed by atoms with E-state index in [1.165, 1.54) is 31.2 Å². The van der Waals surface area contributed by atoms with Crippen molar-refractivity contribution in [2.45, 2.75) is 83.0 Å². The molecule has 0 saturated carbocycles. The maximum absolute atomic E-state index is 5.87. The molecule has 148 valence electrons. The highest BCUT2D eigenvalue weighted by molar-refractivity contribution is 6.04. The molecule has 3 heterocycles. The van der Waals surface area contributed by atoms with E-state index < -0.39 is 0 Å². The van der Waals surface area contributed by atoms with E-state index in [1.54, 1.807) is 0 Å². The minimum absolute atomic E-state index is 0.214. The molecule has 0 spiro atoms. The van der Waals surface area contributed by atoms with Crippen molar-refractivity contribution >= 4 is 7.98 Å². The van der Waals surface area contributed by atoms with Gasteiger partial charge in [-0.05, 0) is 44.6 Å². The highest BCUT2D eigenvalue weighted by Crippen LogP contribution is 2.42. The highest BCUT2D eigenvalue weighted by atomic mass is 15.3. The molecule has 5 nitrogen and oxygen atoms in total. The lowest BCUT2D eigenvalue weighted by Gasteiger charge is -2.40.